The summed E-state index contributed by atoms with van der Waals surface area (Å²) >= 11 is 0. The van der Waals surface area contributed by atoms with E-state index >= 15 is 0 Å². The van der Waals surface area contributed by atoms with Gasteiger partial charge in [0.05, 0.1) is 7.11 Å². The maximum atomic E-state index is 9.13. The zero-order valence-electron chi connectivity index (χ0n) is 7.61. The number of hydrogen-bond acceptors (Lipinski definition) is 4. The van der Waals surface area contributed by atoms with E-state index in [0.717, 1.165) is 0 Å². The fourth-order valence-corrected chi connectivity index (χ4v) is 0.898. The fourth-order valence-electron chi connectivity index (χ4n) is 0.898. The second-order valence-corrected chi connectivity index (χ2v) is 2.39. The third-order valence-corrected chi connectivity index (χ3v) is 1.48. The van der Waals surface area contributed by atoms with Gasteiger partial charge in [-0.15, -0.1) is 0 Å². The summed E-state index contributed by atoms with van der Waals surface area (Å²) in [6, 6.07) is 4.62. The minimum absolute atomic E-state index is 0.140. The van der Waals surface area contributed by atoms with Crippen LogP contribution in [0.15, 0.2) is 18.2 Å². The van der Waals surface area contributed by atoms with Crippen LogP contribution in [-0.2, 0) is 4.74 Å². The number of ether oxygens (including phenoxy) is 3. The molecule has 0 unspecified atom stereocenters. The molecule has 1 aromatic rings. The average Bonchev–Trinajstić information content (AvgIpc) is 2.16. The van der Waals surface area contributed by atoms with Crippen LogP contribution in [-0.4, -0.2) is 26.1 Å². The standard InChI is InChI=1S/C9H12O4/c1-11-6-13-8-4-3-7(10)5-9(8)12-2/h3-5,10H,6H2,1-2H3. The van der Waals surface area contributed by atoms with Gasteiger partial charge in [-0.2, -0.15) is 0 Å². The number of aromatic hydroxyl groups is 1. The van der Waals surface area contributed by atoms with Crippen LogP contribution in [0.4, 0.5) is 0 Å². The topological polar surface area (TPSA) is 47.9 Å². The molecule has 13 heavy (non-hydrogen) atoms. The first kappa shape index (κ1) is 9.67. The van der Waals surface area contributed by atoms with Crippen molar-refractivity contribution in [1.29, 1.82) is 0 Å². The molecular formula is C9H12O4. The highest BCUT2D eigenvalue weighted by Crippen LogP contribution is 2.30. The molecule has 4 heteroatoms. The van der Waals surface area contributed by atoms with Crippen LogP contribution in [0.5, 0.6) is 17.2 Å². The molecule has 0 aliphatic rings. The Labute approximate surface area is 76.7 Å². The number of hydrogen-bond donors (Lipinski definition) is 1. The van der Waals surface area contributed by atoms with Crippen molar-refractivity contribution in [3.63, 3.8) is 0 Å². The lowest BCUT2D eigenvalue weighted by atomic mass is 10.3. The van der Waals surface area contributed by atoms with E-state index in [-0.39, 0.29) is 12.5 Å². The van der Waals surface area contributed by atoms with Gasteiger partial charge < -0.3 is 19.3 Å². The third-order valence-electron chi connectivity index (χ3n) is 1.48. The molecule has 0 aromatic heterocycles. The van der Waals surface area contributed by atoms with Gasteiger partial charge in [-0.05, 0) is 12.1 Å². The van der Waals surface area contributed by atoms with E-state index in [2.05, 4.69) is 0 Å². The molecule has 0 radical (unpaired) electrons. The average molecular weight is 184 g/mol. The lowest BCUT2D eigenvalue weighted by Gasteiger charge is -2.09. The molecule has 0 fully saturated rings. The Morgan fingerprint density at radius 1 is 1.23 bits per heavy atom. The molecule has 72 valence electrons. The summed E-state index contributed by atoms with van der Waals surface area (Å²) in [6.45, 7) is 0.154. The highest BCUT2D eigenvalue weighted by Gasteiger charge is 2.04. The van der Waals surface area contributed by atoms with Gasteiger partial charge in [0.25, 0.3) is 0 Å². The van der Waals surface area contributed by atoms with Crippen molar-refractivity contribution >= 4 is 0 Å². The molecule has 0 aliphatic carbocycles. The van der Waals surface area contributed by atoms with Gasteiger partial charge in [-0.3, -0.25) is 0 Å². The summed E-state index contributed by atoms with van der Waals surface area (Å²) in [5, 5.41) is 9.13. The van der Waals surface area contributed by atoms with Crippen LogP contribution in [0.25, 0.3) is 0 Å². The molecule has 4 nitrogen and oxygen atoms in total. The first-order valence-corrected chi connectivity index (χ1v) is 3.76. The van der Waals surface area contributed by atoms with E-state index in [4.69, 9.17) is 19.3 Å². The molecule has 1 aromatic carbocycles. The summed E-state index contributed by atoms with van der Waals surface area (Å²) in [4.78, 5) is 0. The van der Waals surface area contributed by atoms with Gasteiger partial charge in [0, 0.05) is 13.2 Å². The minimum Gasteiger partial charge on any atom is -0.508 e. The molecule has 0 aliphatic heterocycles. The van der Waals surface area contributed by atoms with Gasteiger partial charge in [0.1, 0.15) is 5.75 Å². The van der Waals surface area contributed by atoms with Gasteiger partial charge in [-0.25, -0.2) is 0 Å². The summed E-state index contributed by atoms with van der Waals surface area (Å²) in [5.74, 6) is 1.17. The molecule has 0 spiro atoms. The number of methoxy groups -OCH3 is 2. The Morgan fingerprint density at radius 3 is 2.62 bits per heavy atom. The second kappa shape index (κ2) is 4.57. The van der Waals surface area contributed by atoms with Crippen LogP contribution >= 0.6 is 0 Å². The van der Waals surface area contributed by atoms with Crippen molar-refractivity contribution < 1.29 is 19.3 Å². The first-order valence-electron chi connectivity index (χ1n) is 3.76. The van der Waals surface area contributed by atoms with Crippen LogP contribution in [0.2, 0.25) is 0 Å². The molecule has 0 bridgehead atoms. The highest BCUT2D eigenvalue weighted by atomic mass is 16.7. The molecule has 0 atom stereocenters. The zero-order valence-corrected chi connectivity index (χ0v) is 7.61. The van der Waals surface area contributed by atoms with Gasteiger partial charge >= 0.3 is 0 Å². The van der Waals surface area contributed by atoms with Crippen LogP contribution < -0.4 is 9.47 Å². The monoisotopic (exact) mass is 184 g/mol. The Bertz CT molecular complexity index is 272. The summed E-state index contributed by atoms with van der Waals surface area (Å²) < 4.78 is 14.9. The Hall–Kier alpha value is -1.42. The number of benzene rings is 1. The van der Waals surface area contributed by atoms with Crippen molar-refractivity contribution in [3.05, 3.63) is 18.2 Å². The van der Waals surface area contributed by atoms with Crippen molar-refractivity contribution in [1.82, 2.24) is 0 Å². The molecular weight excluding hydrogens is 172 g/mol. The second-order valence-electron chi connectivity index (χ2n) is 2.39. The van der Waals surface area contributed by atoms with E-state index in [0.29, 0.717) is 11.5 Å². The maximum Gasteiger partial charge on any atom is 0.188 e. The summed E-state index contributed by atoms with van der Waals surface area (Å²) in [5.41, 5.74) is 0. The van der Waals surface area contributed by atoms with Crippen LogP contribution in [0, 0.1) is 0 Å². The highest BCUT2D eigenvalue weighted by molar-refractivity contribution is 5.44. The van der Waals surface area contributed by atoms with E-state index in [9.17, 15) is 0 Å². The zero-order chi connectivity index (χ0) is 9.68. The summed E-state index contributed by atoms with van der Waals surface area (Å²) in [6.07, 6.45) is 0. The van der Waals surface area contributed by atoms with E-state index in [1.165, 1.54) is 26.4 Å². The van der Waals surface area contributed by atoms with Crippen molar-refractivity contribution in [3.8, 4) is 17.2 Å². The molecule has 1 N–H and O–H groups in total. The quantitative estimate of drug-likeness (QED) is 0.718. The van der Waals surface area contributed by atoms with Crippen molar-refractivity contribution in [2.45, 2.75) is 0 Å². The Balaban J connectivity index is 2.79. The smallest absolute Gasteiger partial charge is 0.188 e. The van der Waals surface area contributed by atoms with E-state index < -0.39 is 0 Å². The van der Waals surface area contributed by atoms with Gasteiger partial charge in [-0.1, -0.05) is 0 Å². The molecule has 0 saturated carbocycles. The number of phenolic OH excluding ortho intramolecular Hbond substituents is 1. The van der Waals surface area contributed by atoms with Crippen molar-refractivity contribution in [2.24, 2.45) is 0 Å². The predicted molar refractivity (Wildman–Crippen MR) is 47.2 cm³/mol. The normalized spacial score (nSPS) is 9.69. The summed E-state index contributed by atoms with van der Waals surface area (Å²) in [7, 11) is 3.04. The maximum absolute atomic E-state index is 9.13. The molecule has 0 amide bonds. The van der Waals surface area contributed by atoms with E-state index in [1.54, 1.807) is 6.07 Å². The lowest BCUT2D eigenvalue weighted by Crippen LogP contribution is -2.00. The van der Waals surface area contributed by atoms with Crippen molar-refractivity contribution in [2.75, 3.05) is 21.0 Å². The van der Waals surface area contributed by atoms with Crippen LogP contribution in [0.1, 0.15) is 0 Å². The number of rotatable bonds is 4. The lowest BCUT2D eigenvalue weighted by molar-refractivity contribution is 0.0491. The largest absolute Gasteiger partial charge is 0.508 e. The Kier molecular flexibility index (Phi) is 3.40. The molecule has 0 heterocycles. The minimum atomic E-state index is 0.140. The molecule has 1 rings (SSSR count). The van der Waals surface area contributed by atoms with Crippen LogP contribution in [0.3, 0.4) is 0 Å². The Morgan fingerprint density at radius 2 is 2.00 bits per heavy atom. The van der Waals surface area contributed by atoms with Gasteiger partial charge in [0.15, 0.2) is 18.3 Å². The first-order chi connectivity index (χ1) is 6.27. The molecule has 0 saturated heterocycles. The van der Waals surface area contributed by atoms with Gasteiger partial charge in [0.2, 0.25) is 0 Å². The third kappa shape index (κ3) is 2.52. The fraction of sp³-hybridized carbons (Fsp3) is 0.333. The van der Waals surface area contributed by atoms with E-state index in [1.807, 2.05) is 0 Å². The number of phenols is 1. The predicted octanol–water partition coefficient (Wildman–Crippen LogP) is 1.38. The SMILES string of the molecule is COCOc1ccc(O)cc1OC.